The zero-order valence-corrected chi connectivity index (χ0v) is 9.53. The number of amides is 1. The van der Waals surface area contributed by atoms with Gasteiger partial charge in [-0.05, 0) is 25.0 Å². The normalized spacial score (nSPS) is 16.1. The van der Waals surface area contributed by atoms with Gasteiger partial charge in [0.1, 0.15) is 5.75 Å². The minimum absolute atomic E-state index is 0.144. The quantitative estimate of drug-likeness (QED) is 0.848. The lowest BCUT2D eigenvalue weighted by Gasteiger charge is -2.10. The van der Waals surface area contributed by atoms with E-state index < -0.39 is 0 Å². The molecule has 86 valence electrons. The van der Waals surface area contributed by atoms with Gasteiger partial charge in [0.15, 0.2) is 0 Å². The summed E-state index contributed by atoms with van der Waals surface area (Å²) in [5.41, 5.74) is 0.816. The first kappa shape index (κ1) is 11.0. The van der Waals surface area contributed by atoms with Gasteiger partial charge in [-0.15, -0.1) is 0 Å². The SMILES string of the molecule is COc1cccc(NC(=O)C2CCCC2)c1. The highest BCUT2D eigenvalue weighted by Crippen LogP contribution is 2.26. The number of rotatable bonds is 3. The molecule has 1 aromatic carbocycles. The molecule has 0 unspecified atom stereocenters. The largest absolute Gasteiger partial charge is 0.497 e. The Labute approximate surface area is 95.8 Å². The number of carbonyl (C=O) groups excluding carboxylic acids is 1. The summed E-state index contributed by atoms with van der Waals surface area (Å²) in [5.74, 6) is 1.11. The molecule has 1 saturated carbocycles. The van der Waals surface area contributed by atoms with E-state index in [1.807, 2.05) is 24.3 Å². The molecule has 0 spiro atoms. The second-order valence-electron chi connectivity index (χ2n) is 4.20. The molecule has 1 amide bonds. The van der Waals surface area contributed by atoms with E-state index in [2.05, 4.69) is 5.32 Å². The van der Waals surface area contributed by atoms with E-state index in [-0.39, 0.29) is 11.8 Å². The van der Waals surface area contributed by atoms with E-state index in [4.69, 9.17) is 4.74 Å². The molecular weight excluding hydrogens is 202 g/mol. The Balaban J connectivity index is 1.99. The van der Waals surface area contributed by atoms with Crippen molar-refractivity contribution in [2.24, 2.45) is 5.92 Å². The topological polar surface area (TPSA) is 38.3 Å². The van der Waals surface area contributed by atoms with Crippen molar-refractivity contribution in [1.29, 1.82) is 0 Å². The second kappa shape index (κ2) is 5.01. The van der Waals surface area contributed by atoms with Crippen LogP contribution in [0, 0.1) is 5.92 Å². The maximum atomic E-state index is 11.9. The molecule has 0 radical (unpaired) electrons. The van der Waals surface area contributed by atoms with Gasteiger partial charge in [0, 0.05) is 17.7 Å². The molecule has 0 heterocycles. The number of hydrogen-bond acceptors (Lipinski definition) is 2. The first-order chi connectivity index (χ1) is 7.79. The van der Waals surface area contributed by atoms with E-state index in [9.17, 15) is 4.79 Å². The van der Waals surface area contributed by atoms with Gasteiger partial charge in [0.05, 0.1) is 7.11 Å². The first-order valence-electron chi connectivity index (χ1n) is 5.74. The summed E-state index contributed by atoms with van der Waals surface area (Å²) in [6.07, 6.45) is 4.40. The number of hydrogen-bond donors (Lipinski definition) is 1. The highest BCUT2D eigenvalue weighted by Gasteiger charge is 2.22. The summed E-state index contributed by atoms with van der Waals surface area (Å²) >= 11 is 0. The number of benzene rings is 1. The third-order valence-electron chi connectivity index (χ3n) is 3.06. The van der Waals surface area contributed by atoms with E-state index in [0.717, 1.165) is 24.3 Å². The zero-order chi connectivity index (χ0) is 11.4. The molecule has 1 fully saturated rings. The standard InChI is InChI=1S/C13H17NO2/c1-16-12-8-4-7-11(9-12)14-13(15)10-5-2-3-6-10/h4,7-10H,2-3,5-6H2,1H3,(H,14,15). The van der Waals surface area contributed by atoms with Crippen LogP contribution in [-0.2, 0) is 4.79 Å². The van der Waals surface area contributed by atoms with Gasteiger partial charge in [-0.2, -0.15) is 0 Å². The molecule has 3 nitrogen and oxygen atoms in total. The minimum Gasteiger partial charge on any atom is -0.497 e. The van der Waals surface area contributed by atoms with Crippen LogP contribution >= 0.6 is 0 Å². The van der Waals surface area contributed by atoms with Crippen molar-refractivity contribution in [3.63, 3.8) is 0 Å². The van der Waals surface area contributed by atoms with Crippen molar-refractivity contribution in [3.05, 3.63) is 24.3 Å². The Morgan fingerprint density at radius 2 is 2.12 bits per heavy atom. The maximum Gasteiger partial charge on any atom is 0.227 e. The van der Waals surface area contributed by atoms with Crippen LogP contribution in [0.5, 0.6) is 5.75 Å². The monoisotopic (exact) mass is 219 g/mol. The zero-order valence-electron chi connectivity index (χ0n) is 9.53. The number of anilines is 1. The summed E-state index contributed by atoms with van der Waals surface area (Å²) in [7, 11) is 1.62. The van der Waals surface area contributed by atoms with E-state index >= 15 is 0 Å². The fourth-order valence-corrected chi connectivity index (χ4v) is 2.13. The number of methoxy groups -OCH3 is 1. The predicted octanol–water partition coefficient (Wildman–Crippen LogP) is 2.82. The Morgan fingerprint density at radius 1 is 1.38 bits per heavy atom. The van der Waals surface area contributed by atoms with Crippen molar-refractivity contribution in [1.82, 2.24) is 0 Å². The van der Waals surface area contributed by atoms with Gasteiger partial charge in [0.25, 0.3) is 0 Å². The van der Waals surface area contributed by atoms with Crippen LogP contribution in [0.15, 0.2) is 24.3 Å². The molecule has 0 saturated heterocycles. The number of ether oxygens (including phenoxy) is 1. The van der Waals surface area contributed by atoms with E-state index in [1.165, 1.54) is 12.8 Å². The number of carbonyl (C=O) groups is 1. The first-order valence-corrected chi connectivity index (χ1v) is 5.74. The lowest BCUT2D eigenvalue weighted by atomic mass is 10.1. The maximum absolute atomic E-state index is 11.9. The third kappa shape index (κ3) is 2.54. The van der Waals surface area contributed by atoms with Gasteiger partial charge < -0.3 is 10.1 Å². The molecular formula is C13H17NO2. The summed E-state index contributed by atoms with van der Waals surface area (Å²) in [6, 6.07) is 7.47. The van der Waals surface area contributed by atoms with Gasteiger partial charge in [0.2, 0.25) is 5.91 Å². The van der Waals surface area contributed by atoms with E-state index in [1.54, 1.807) is 7.11 Å². The summed E-state index contributed by atoms with van der Waals surface area (Å²) < 4.78 is 5.11. The van der Waals surface area contributed by atoms with Crippen LogP contribution in [0.25, 0.3) is 0 Å². The van der Waals surface area contributed by atoms with Crippen molar-refractivity contribution < 1.29 is 9.53 Å². The number of nitrogens with one attached hydrogen (secondary N) is 1. The van der Waals surface area contributed by atoms with Crippen LogP contribution in [-0.4, -0.2) is 13.0 Å². The molecule has 0 bridgehead atoms. The van der Waals surface area contributed by atoms with Crippen LogP contribution < -0.4 is 10.1 Å². The van der Waals surface area contributed by atoms with Crippen molar-refractivity contribution >= 4 is 11.6 Å². The van der Waals surface area contributed by atoms with Crippen LogP contribution in [0.4, 0.5) is 5.69 Å². The molecule has 2 rings (SSSR count). The molecule has 1 aromatic rings. The minimum atomic E-state index is 0.144. The van der Waals surface area contributed by atoms with E-state index in [0.29, 0.717) is 0 Å². The third-order valence-corrected chi connectivity index (χ3v) is 3.06. The molecule has 1 aliphatic carbocycles. The lowest BCUT2D eigenvalue weighted by molar-refractivity contribution is -0.119. The summed E-state index contributed by atoms with van der Waals surface area (Å²) in [6.45, 7) is 0. The van der Waals surface area contributed by atoms with Crippen molar-refractivity contribution in [2.75, 3.05) is 12.4 Å². The van der Waals surface area contributed by atoms with Gasteiger partial charge in [-0.3, -0.25) is 4.79 Å². The molecule has 0 aromatic heterocycles. The average molecular weight is 219 g/mol. The Morgan fingerprint density at radius 3 is 2.81 bits per heavy atom. The fourth-order valence-electron chi connectivity index (χ4n) is 2.13. The molecule has 16 heavy (non-hydrogen) atoms. The molecule has 0 aliphatic heterocycles. The smallest absolute Gasteiger partial charge is 0.227 e. The van der Waals surface area contributed by atoms with Crippen molar-refractivity contribution in [3.8, 4) is 5.75 Å². The average Bonchev–Trinajstić information content (AvgIpc) is 2.83. The van der Waals surface area contributed by atoms with Gasteiger partial charge in [-0.25, -0.2) is 0 Å². The summed E-state index contributed by atoms with van der Waals surface area (Å²) in [5, 5.41) is 2.94. The summed E-state index contributed by atoms with van der Waals surface area (Å²) in [4.78, 5) is 11.9. The molecule has 3 heteroatoms. The Kier molecular flexibility index (Phi) is 3.44. The van der Waals surface area contributed by atoms with Gasteiger partial charge in [-0.1, -0.05) is 18.9 Å². The second-order valence-corrected chi connectivity index (χ2v) is 4.20. The molecule has 0 atom stereocenters. The van der Waals surface area contributed by atoms with Gasteiger partial charge >= 0.3 is 0 Å². The van der Waals surface area contributed by atoms with Crippen LogP contribution in [0.1, 0.15) is 25.7 Å². The van der Waals surface area contributed by atoms with Crippen molar-refractivity contribution in [2.45, 2.75) is 25.7 Å². The molecule has 1 aliphatic rings. The lowest BCUT2D eigenvalue weighted by Crippen LogP contribution is -2.20. The van der Waals surface area contributed by atoms with Crippen LogP contribution in [0.2, 0.25) is 0 Å². The Bertz CT molecular complexity index is 370. The predicted molar refractivity (Wildman–Crippen MR) is 63.6 cm³/mol. The highest BCUT2D eigenvalue weighted by atomic mass is 16.5. The van der Waals surface area contributed by atoms with Crippen LogP contribution in [0.3, 0.4) is 0 Å². The molecule has 1 N–H and O–H groups in total. The fraction of sp³-hybridized carbons (Fsp3) is 0.462. The Hall–Kier alpha value is -1.51. The highest BCUT2D eigenvalue weighted by molar-refractivity contribution is 5.92.